The normalized spacial score (nSPS) is 24.0. The molecule has 9 N–H and O–H groups in total. The molecule has 2 rings (SSSR count). The third-order valence-corrected chi connectivity index (χ3v) is 17.6. The first-order valence-electron chi connectivity index (χ1n) is 34.8. The predicted octanol–water partition coefficient (Wildman–Crippen LogP) is 13.6. The van der Waals surface area contributed by atoms with Gasteiger partial charge in [0, 0.05) is 6.42 Å². The SMILES string of the molecule is CCCCCCCCCCCCCCCCCCCCCCCCCCCCCC(O)C(COC1OC(CO)C(OC2OC(CO)C(O)C(O)C2O)C(O)C1O)NC(=O)CCCCCCCCCCCCCCCCCCCCCC. The highest BCUT2D eigenvalue weighted by Gasteiger charge is 2.51. The number of unbranched alkanes of at least 4 members (excludes halogenated alkanes) is 45. The van der Waals surface area contributed by atoms with Crippen LogP contribution in [-0.4, -0.2) is 140 Å². The van der Waals surface area contributed by atoms with Crippen molar-refractivity contribution >= 4 is 5.91 Å². The molecule has 482 valence electrons. The van der Waals surface area contributed by atoms with Gasteiger partial charge in [0.1, 0.15) is 48.8 Å². The summed E-state index contributed by atoms with van der Waals surface area (Å²) in [6, 6.07) is -0.824. The molecule has 2 aliphatic rings. The number of ether oxygens (including phenoxy) is 4. The van der Waals surface area contributed by atoms with Gasteiger partial charge in [0.15, 0.2) is 12.6 Å². The molecule has 1 amide bonds. The zero-order valence-corrected chi connectivity index (χ0v) is 52.3. The molecule has 2 heterocycles. The summed E-state index contributed by atoms with van der Waals surface area (Å²) < 4.78 is 22.9. The largest absolute Gasteiger partial charge is 0.394 e. The van der Waals surface area contributed by atoms with E-state index in [1.165, 1.54) is 250 Å². The molecule has 14 heteroatoms. The summed E-state index contributed by atoms with van der Waals surface area (Å²) in [6.07, 6.45) is 45.4. The lowest BCUT2D eigenvalue weighted by Gasteiger charge is -2.46. The molecule has 2 aliphatic heterocycles. The van der Waals surface area contributed by atoms with Crippen LogP contribution >= 0.6 is 0 Å². The second-order valence-corrected chi connectivity index (χ2v) is 25.0. The van der Waals surface area contributed by atoms with E-state index in [1.54, 1.807) is 0 Å². The van der Waals surface area contributed by atoms with Crippen LogP contribution in [0.5, 0.6) is 0 Å². The number of aliphatic hydroxyl groups excluding tert-OH is 8. The van der Waals surface area contributed by atoms with E-state index in [0.717, 1.165) is 51.4 Å². The van der Waals surface area contributed by atoms with Crippen LogP contribution in [0, 0.1) is 0 Å². The smallest absolute Gasteiger partial charge is 0.220 e. The minimum absolute atomic E-state index is 0.198. The van der Waals surface area contributed by atoms with Crippen molar-refractivity contribution in [2.24, 2.45) is 0 Å². The van der Waals surface area contributed by atoms with E-state index in [1.807, 2.05) is 0 Å². The van der Waals surface area contributed by atoms with Crippen molar-refractivity contribution in [3.8, 4) is 0 Å². The molecule has 81 heavy (non-hydrogen) atoms. The molecule has 0 aromatic carbocycles. The first-order chi connectivity index (χ1) is 39.6. The molecule has 12 atom stereocenters. The fourth-order valence-corrected chi connectivity index (χ4v) is 12.0. The Morgan fingerprint density at radius 2 is 0.704 bits per heavy atom. The van der Waals surface area contributed by atoms with Gasteiger partial charge in [0.2, 0.25) is 5.91 Å². The Kier molecular flexibility index (Phi) is 50.0. The average Bonchev–Trinajstić information content (AvgIpc) is 3.63. The summed E-state index contributed by atoms with van der Waals surface area (Å²) in [5.74, 6) is -0.198. The van der Waals surface area contributed by atoms with Crippen molar-refractivity contribution in [2.75, 3.05) is 19.8 Å². The first-order valence-corrected chi connectivity index (χ1v) is 34.8. The lowest BCUT2D eigenvalue weighted by Crippen LogP contribution is -2.65. The summed E-state index contributed by atoms with van der Waals surface area (Å²) in [4.78, 5) is 13.3. The highest BCUT2D eigenvalue weighted by molar-refractivity contribution is 5.76. The van der Waals surface area contributed by atoms with Gasteiger partial charge in [-0.05, 0) is 12.8 Å². The van der Waals surface area contributed by atoms with Gasteiger partial charge in [-0.2, -0.15) is 0 Å². The summed E-state index contributed by atoms with van der Waals surface area (Å²) in [5.41, 5.74) is 0. The van der Waals surface area contributed by atoms with Crippen molar-refractivity contribution in [1.29, 1.82) is 0 Å². The average molecular weight is 1160 g/mol. The van der Waals surface area contributed by atoms with Crippen LogP contribution in [0.25, 0.3) is 0 Å². The topological polar surface area (TPSA) is 228 Å². The van der Waals surface area contributed by atoms with E-state index in [9.17, 15) is 45.6 Å². The Morgan fingerprint density at radius 1 is 0.395 bits per heavy atom. The highest BCUT2D eigenvalue weighted by atomic mass is 16.7. The maximum atomic E-state index is 13.3. The molecular formula is C67H131NO13. The number of hydrogen-bond acceptors (Lipinski definition) is 13. The van der Waals surface area contributed by atoms with Crippen molar-refractivity contribution in [1.82, 2.24) is 5.32 Å². The van der Waals surface area contributed by atoms with Crippen molar-refractivity contribution in [2.45, 2.75) is 402 Å². The zero-order chi connectivity index (χ0) is 58.8. The van der Waals surface area contributed by atoms with Gasteiger partial charge in [-0.25, -0.2) is 0 Å². The predicted molar refractivity (Wildman–Crippen MR) is 328 cm³/mol. The van der Waals surface area contributed by atoms with Crippen LogP contribution in [0.3, 0.4) is 0 Å². The van der Waals surface area contributed by atoms with E-state index in [2.05, 4.69) is 19.2 Å². The molecule has 0 saturated carbocycles. The maximum absolute atomic E-state index is 13.3. The number of carbonyl (C=O) groups excluding carboxylic acids is 1. The van der Waals surface area contributed by atoms with Crippen LogP contribution < -0.4 is 5.32 Å². The van der Waals surface area contributed by atoms with Crippen LogP contribution in [-0.2, 0) is 23.7 Å². The van der Waals surface area contributed by atoms with Crippen LogP contribution in [0.15, 0.2) is 0 Å². The molecule has 0 radical (unpaired) electrons. The zero-order valence-electron chi connectivity index (χ0n) is 52.3. The minimum atomic E-state index is -1.78. The van der Waals surface area contributed by atoms with Crippen molar-refractivity contribution in [3.63, 3.8) is 0 Å². The molecule has 12 unspecified atom stereocenters. The molecule has 14 nitrogen and oxygen atoms in total. The van der Waals surface area contributed by atoms with Crippen LogP contribution in [0.4, 0.5) is 0 Å². The van der Waals surface area contributed by atoms with E-state index >= 15 is 0 Å². The lowest BCUT2D eigenvalue weighted by atomic mass is 9.97. The molecule has 0 bridgehead atoms. The third-order valence-electron chi connectivity index (χ3n) is 17.6. The van der Waals surface area contributed by atoms with Gasteiger partial charge in [-0.15, -0.1) is 0 Å². The van der Waals surface area contributed by atoms with Gasteiger partial charge in [-0.1, -0.05) is 309 Å². The molecule has 0 spiro atoms. The van der Waals surface area contributed by atoms with Gasteiger partial charge in [0.05, 0.1) is 32.0 Å². The molecule has 0 aromatic rings. The maximum Gasteiger partial charge on any atom is 0.220 e. The summed E-state index contributed by atoms with van der Waals surface area (Å²) in [6.45, 7) is 2.93. The van der Waals surface area contributed by atoms with Gasteiger partial charge >= 0.3 is 0 Å². The number of rotatable bonds is 58. The van der Waals surface area contributed by atoms with Gasteiger partial charge < -0.3 is 65.1 Å². The second kappa shape index (κ2) is 53.2. The fourth-order valence-electron chi connectivity index (χ4n) is 12.0. The monoisotopic (exact) mass is 1160 g/mol. The van der Waals surface area contributed by atoms with E-state index in [-0.39, 0.29) is 12.5 Å². The van der Waals surface area contributed by atoms with Gasteiger partial charge in [-0.3, -0.25) is 4.79 Å². The van der Waals surface area contributed by atoms with Crippen molar-refractivity contribution < 1.29 is 64.6 Å². The Hall–Kier alpha value is -1.01. The van der Waals surface area contributed by atoms with Crippen molar-refractivity contribution in [3.05, 3.63) is 0 Å². The Balaban J connectivity index is 1.67. The first kappa shape index (κ1) is 76.1. The van der Waals surface area contributed by atoms with Crippen LogP contribution in [0.2, 0.25) is 0 Å². The quantitative estimate of drug-likeness (QED) is 0.0259. The lowest BCUT2D eigenvalue weighted by molar-refractivity contribution is -0.359. The van der Waals surface area contributed by atoms with E-state index < -0.39 is 86.8 Å². The summed E-state index contributed by atoms with van der Waals surface area (Å²) in [7, 11) is 0. The van der Waals surface area contributed by atoms with E-state index in [0.29, 0.717) is 12.8 Å². The number of nitrogens with one attached hydrogen (secondary N) is 1. The Morgan fingerprint density at radius 3 is 1.05 bits per heavy atom. The third kappa shape index (κ3) is 38.0. The second-order valence-electron chi connectivity index (χ2n) is 25.0. The fraction of sp³-hybridized carbons (Fsp3) is 0.985. The number of aliphatic hydroxyl groups is 8. The number of carbonyl (C=O) groups is 1. The molecule has 0 aliphatic carbocycles. The number of hydrogen-bond donors (Lipinski definition) is 9. The molecule has 0 aromatic heterocycles. The summed E-state index contributed by atoms with van der Waals surface area (Å²) >= 11 is 0. The number of amides is 1. The minimum Gasteiger partial charge on any atom is -0.394 e. The standard InChI is InChI=1S/C67H131NO13/c1-3-5-7-9-11-13-15-17-19-21-23-25-26-27-28-29-30-31-32-34-36-38-40-42-44-46-48-50-56(71)55(68-59(72)51-49-47-45-43-41-39-37-35-33-24-22-20-18-16-14-12-10-8-6-4-2)54-78-66-64(77)62(75)65(58(53-70)80-66)81-67-63(76)61(74)60(73)57(52-69)79-67/h55-58,60-67,69-71,73-77H,3-54H2,1-2H3,(H,68,72). The molecule has 2 saturated heterocycles. The molecular weight excluding hydrogens is 1030 g/mol. The summed E-state index contributed by atoms with van der Waals surface area (Å²) in [5, 5.41) is 87.6. The molecule has 2 fully saturated rings. The Bertz CT molecular complexity index is 1360. The highest BCUT2D eigenvalue weighted by Crippen LogP contribution is 2.30. The Labute approximate surface area is 495 Å². The van der Waals surface area contributed by atoms with Gasteiger partial charge in [0.25, 0.3) is 0 Å². The van der Waals surface area contributed by atoms with E-state index in [4.69, 9.17) is 18.9 Å². The van der Waals surface area contributed by atoms with Crippen LogP contribution in [0.1, 0.15) is 328 Å².